The third kappa shape index (κ3) is 5.34. The number of carbonyl (C=O) groups excluding carboxylic acids is 2. The summed E-state index contributed by atoms with van der Waals surface area (Å²) >= 11 is 0. The molecular weight excluding hydrogens is 328 g/mol. The minimum atomic E-state index is -0.633. The molecule has 0 spiro atoms. The zero-order valence-corrected chi connectivity index (χ0v) is 15.7. The van der Waals surface area contributed by atoms with Gasteiger partial charge in [-0.1, -0.05) is 42.5 Å². The number of amides is 1. The van der Waals surface area contributed by atoms with Crippen molar-refractivity contribution in [1.82, 2.24) is 5.32 Å². The van der Waals surface area contributed by atoms with Gasteiger partial charge in [0.25, 0.3) is 0 Å². The average molecular weight is 354 g/mol. The lowest BCUT2D eigenvalue weighted by Gasteiger charge is -2.27. The number of rotatable bonds is 6. The lowest BCUT2D eigenvalue weighted by atomic mass is 10.0. The van der Waals surface area contributed by atoms with Crippen molar-refractivity contribution in [2.75, 3.05) is 11.9 Å². The largest absolute Gasteiger partial charge is 0.462 e. The summed E-state index contributed by atoms with van der Waals surface area (Å²) in [7, 11) is 0. The van der Waals surface area contributed by atoms with E-state index in [1.165, 1.54) is 0 Å². The molecule has 0 fully saturated rings. The number of hydrogen-bond acceptors (Lipinski definition) is 4. The van der Waals surface area contributed by atoms with Crippen LogP contribution in [-0.4, -0.2) is 24.0 Å². The fourth-order valence-electron chi connectivity index (χ4n) is 2.54. The molecule has 5 nitrogen and oxygen atoms in total. The van der Waals surface area contributed by atoms with Crippen LogP contribution in [-0.2, 0) is 9.53 Å². The lowest BCUT2D eigenvalue weighted by Crippen LogP contribution is -2.45. The zero-order valence-electron chi connectivity index (χ0n) is 15.7. The van der Waals surface area contributed by atoms with Crippen LogP contribution in [0.4, 0.5) is 5.69 Å². The van der Waals surface area contributed by atoms with Crippen molar-refractivity contribution in [3.63, 3.8) is 0 Å². The fourth-order valence-corrected chi connectivity index (χ4v) is 2.54. The number of anilines is 1. The van der Waals surface area contributed by atoms with Crippen LogP contribution >= 0.6 is 0 Å². The number of ether oxygens (including phenoxy) is 1. The summed E-state index contributed by atoms with van der Waals surface area (Å²) in [5.74, 6) is -0.582. The molecule has 1 amide bonds. The Bertz CT molecular complexity index is 751. The second-order valence-corrected chi connectivity index (χ2v) is 6.99. The van der Waals surface area contributed by atoms with E-state index in [2.05, 4.69) is 10.6 Å². The van der Waals surface area contributed by atoms with E-state index in [1.807, 2.05) is 57.2 Å². The lowest BCUT2D eigenvalue weighted by molar-refractivity contribution is -0.123. The summed E-state index contributed by atoms with van der Waals surface area (Å²) in [4.78, 5) is 25.1. The molecule has 26 heavy (non-hydrogen) atoms. The Kier molecular flexibility index (Phi) is 6.39. The van der Waals surface area contributed by atoms with Gasteiger partial charge in [-0.05, 0) is 45.4 Å². The SMILES string of the molecule is CCOC(=O)c1ccccc1NC(C(=O)NC(C)(C)C)c1ccccc1. The van der Waals surface area contributed by atoms with E-state index >= 15 is 0 Å². The van der Waals surface area contributed by atoms with Crippen LogP contribution in [0.15, 0.2) is 54.6 Å². The van der Waals surface area contributed by atoms with Gasteiger partial charge in [-0.15, -0.1) is 0 Å². The highest BCUT2D eigenvalue weighted by molar-refractivity contribution is 5.97. The van der Waals surface area contributed by atoms with Gasteiger partial charge in [-0.25, -0.2) is 4.79 Å². The number of para-hydroxylation sites is 1. The molecule has 138 valence electrons. The number of hydrogen-bond donors (Lipinski definition) is 2. The number of carbonyl (C=O) groups is 2. The summed E-state index contributed by atoms with van der Waals surface area (Å²) < 4.78 is 5.12. The van der Waals surface area contributed by atoms with Crippen LogP contribution in [0.25, 0.3) is 0 Å². The molecule has 0 saturated carbocycles. The van der Waals surface area contributed by atoms with Gasteiger partial charge in [0.1, 0.15) is 6.04 Å². The fraction of sp³-hybridized carbons (Fsp3) is 0.333. The third-order valence-corrected chi connectivity index (χ3v) is 3.62. The first-order valence-corrected chi connectivity index (χ1v) is 8.71. The summed E-state index contributed by atoms with van der Waals surface area (Å²) in [5.41, 5.74) is 1.41. The van der Waals surface area contributed by atoms with Crippen molar-refractivity contribution in [2.45, 2.75) is 39.3 Å². The van der Waals surface area contributed by atoms with Crippen molar-refractivity contribution in [2.24, 2.45) is 0 Å². The Hall–Kier alpha value is -2.82. The second kappa shape index (κ2) is 8.52. The topological polar surface area (TPSA) is 67.4 Å². The van der Waals surface area contributed by atoms with Gasteiger partial charge in [0.05, 0.1) is 12.2 Å². The number of nitrogens with one attached hydrogen (secondary N) is 2. The molecule has 0 saturated heterocycles. The molecule has 2 aromatic carbocycles. The molecule has 2 aromatic rings. The Morgan fingerprint density at radius 3 is 2.23 bits per heavy atom. The monoisotopic (exact) mass is 354 g/mol. The first-order valence-electron chi connectivity index (χ1n) is 8.71. The van der Waals surface area contributed by atoms with Crippen LogP contribution in [0.2, 0.25) is 0 Å². The van der Waals surface area contributed by atoms with Gasteiger partial charge >= 0.3 is 5.97 Å². The molecule has 0 radical (unpaired) electrons. The first kappa shape index (κ1) is 19.5. The quantitative estimate of drug-likeness (QED) is 0.771. The smallest absolute Gasteiger partial charge is 0.340 e. The summed E-state index contributed by atoms with van der Waals surface area (Å²) in [6.07, 6.45) is 0. The number of benzene rings is 2. The average Bonchev–Trinajstić information content (AvgIpc) is 2.59. The van der Waals surface area contributed by atoms with Crippen LogP contribution < -0.4 is 10.6 Å². The van der Waals surface area contributed by atoms with Crippen LogP contribution in [0.3, 0.4) is 0 Å². The van der Waals surface area contributed by atoms with Crippen LogP contribution in [0.5, 0.6) is 0 Å². The summed E-state index contributed by atoms with van der Waals surface area (Å²) in [5, 5.41) is 6.21. The Morgan fingerprint density at radius 1 is 1.00 bits per heavy atom. The molecule has 0 aliphatic rings. The molecular formula is C21H26N2O3. The highest BCUT2D eigenvalue weighted by atomic mass is 16.5. The Labute approximate surface area is 154 Å². The maximum atomic E-state index is 12.9. The highest BCUT2D eigenvalue weighted by Gasteiger charge is 2.25. The van der Waals surface area contributed by atoms with Gasteiger partial charge in [0.2, 0.25) is 5.91 Å². The Morgan fingerprint density at radius 2 is 1.62 bits per heavy atom. The molecule has 1 unspecified atom stereocenters. The van der Waals surface area contributed by atoms with E-state index < -0.39 is 12.0 Å². The zero-order chi connectivity index (χ0) is 19.2. The maximum Gasteiger partial charge on any atom is 0.340 e. The standard InChI is InChI=1S/C21H26N2O3/c1-5-26-20(25)16-13-9-10-14-17(16)22-18(15-11-7-6-8-12-15)19(24)23-21(2,3)4/h6-14,18,22H,5H2,1-4H3,(H,23,24). The van der Waals surface area contributed by atoms with Gasteiger partial charge in [0, 0.05) is 11.2 Å². The summed E-state index contributed by atoms with van der Waals surface area (Å²) in [6, 6.07) is 15.8. The molecule has 5 heteroatoms. The van der Waals surface area contributed by atoms with E-state index in [4.69, 9.17) is 4.74 Å². The van der Waals surface area contributed by atoms with Crippen molar-refractivity contribution in [3.8, 4) is 0 Å². The van der Waals surface area contributed by atoms with Crippen LogP contribution in [0, 0.1) is 0 Å². The number of esters is 1. The maximum absolute atomic E-state index is 12.9. The molecule has 0 bridgehead atoms. The van der Waals surface area contributed by atoms with Crippen molar-refractivity contribution in [1.29, 1.82) is 0 Å². The molecule has 2 rings (SSSR count). The van der Waals surface area contributed by atoms with Crippen molar-refractivity contribution < 1.29 is 14.3 Å². The predicted octanol–water partition coefficient (Wildman–Crippen LogP) is 3.93. The molecule has 0 aliphatic carbocycles. The van der Waals surface area contributed by atoms with Gasteiger partial charge in [-0.2, -0.15) is 0 Å². The van der Waals surface area contributed by atoms with Gasteiger partial charge in [-0.3, -0.25) is 4.79 Å². The van der Waals surface area contributed by atoms with Gasteiger partial charge < -0.3 is 15.4 Å². The molecule has 0 aromatic heterocycles. The van der Waals surface area contributed by atoms with E-state index in [-0.39, 0.29) is 11.4 Å². The van der Waals surface area contributed by atoms with E-state index in [9.17, 15) is 9.59 Å². The van der Waals surface area contributed by atoms with Gasteiger partial charge in [0.15, 0.2) is 0 Å². The Balaban J connectivity index is 2.36. The molecule has 1 atom stereocenters. The second-order valence-electron chi connectivity index (χ2n) is 6.99. The minimum absolute atomic E-state index is 0.164. The molecule has 0 aliphatic heterocycles. The molecule has 0 heterocycles. The molecule has 2 N–H and O–H groups in total. The predicted molar refractivity (Wildman–Crippen MR) is 103 cm³/mol. The normalized spacial score (nSPS) is 12.2. The van der Waals surface area contributed by atoms with E-state index in [1.54, 1.807) is 25.1 Å². The van der Waals surface area contributed by atoms with E-state index in [0.29, 0.717) is 17.9 Å². The first-order chi connectivity index (χ1) is 12.3. The minimum Gasteiger partial charge on any atom is -0.462 e. The van der Waals surface area contributed by atoms with Crippen molar-refractivity contribution >= 4 is 17.6 Å². The third-order valence-electron chi connectivity index (χ3n) is 3.62. The van der Waals surface area contributed by atoms with Crippen LogP contribution in [0.1, 0.15) is 49.7 Å². The highest BCUT2D eigenvalue weighted by Crippen LogP contribution is 2.24. The summed E-state index contributed by atoms with van der Waals surface area (Å²) in [6.45, 7) is 7.84. The van der Waals surface area contributed by atoms with Crippen molar-refractivity contribution in [3.05, 3.63) is 65.7 Å². The van der Waals surface area contributed by atoms with E-state index in [0.717, 1.165) is 5.56 Å².